The number of aryl methyl sites for hydroxylation is 1. The van der Waals surface area contributed by atoms with Crippen LogP contribution in [0, 0.1) is 6.92 Å². The van der Waals surface area contributed by atoms with Crippen LogP contribution in [0.5, 0.6) is 0 Å². The van der Waals surface area contributed by atoms with E-state index >= 15 is 0 Å². The summed E-state index contributed by atoms with van der Waals surface area (Å²) < 4.78 is 12.6. The van der Waals surface area contributed by atoms with Gasteiger partial charge in [0.25, 0.3) is 0 Å². The molecule has 0 aliphatic carbocycles. The molecule has 0 atom stereocenters. The molecule has 0 bridgehead atoms. The van der Waals surface area contributed by atoms with E-state index in [1.54, 1.807) is 0 Å². The van der Waals surface area contributed by atoms with Crippen molar-refractivity contribution in [3.63, 3.8) is 0 Å². The predicted octanol–water partition coefficient (Wildman–Crippen LogP) is 4.79. The zero-order valence-electron chi connectivity index (χ0n) is 13.3. The summed E-state index contributed by atoms with van der Waals surface area (Å²) in [4.78, 5) is 0. The molecule has 3 aromatic rings. The third kappa shape index (κ3) is 2.35. The van der Waals surface area contributed by atoms with Gasteiger partial charge >= 0.3 is 0 Å². The fourth-order valence-corrected chi connectivity index (χ4v) is 3.46. The second-order valence-electron chi connectivity index (χ2n) is 6.01. The first-order valence-corrected chi connectivity index (χ1v) is 8.13. The van der Waals surface area contributed by atoms with Gasteiger partial charge in [-0.15, -0.1) is 0 Å². The minimum atomic E-state index is -0.815. The molecular weight excluding hydrogens is 284 g/mol. The van der Waals surface area contributed by atoms with Crippen LogP contribution in [0.15, 0.2) is 66.7 Å². The Kier molecular flexibility index (Phi) is 3.64. The van der Waals surface area contributed by atoms with Crippen molar-refractivity contribution in [2.45, 2.75) is 19.1 Å². The highest BCUT2D eigenvalue weighted by atomic mass is 16.7. The SMILES string of the molecule is Cc1ccc2ccccc2c1C1(c2ccccc2)OCCCO1. The molecule has 0 amide bonds. The Balaban J connectivity index is 2.03. The van der Waals surface area contributed by atoms with Gasteiger partial charge in [-0.1, -0.05) is 66.7 Å². The highest BCUT2D eigenvalue weighted by molar-refractivity contribution is 5.88. The molecule has 1 saturated heterocycles. The van der Waals surface area contributed by atoms with Crippen molar-refractivity contribution >= 4 is 10.8 Å². The lowest BCUT2D eigenvalue weighted by atomic mass is 9.88. The molecule has 4 rings (SSSR count). The van der Waals surface area contributed by atoms with Crippen molar-refractivity contribution in [2.75, 3.05) is 13.2 Å². The summed E-state index contributed by atoms with van der Waals surface area (Å²) in [7, 11) is 0. The van der Waals surface area contributed by atoms with E-state index in [0.717, 1.165) is 17.5 Å². The van der Waals surface area contributed by atoms with Crippen molar-refractivity contribution in [1.82, 2.24) is 0 Å². The summed E-state index contributed by atoms with van der Waals surface area (Å²) >= 11 is 0. The van der Waals surface area contributed by atoms with Crippen LogP contribution in [0.2, 0.25) is 0 Å². The molecule has 3 aromatic carbocycles. The van der Waals surface area contributed by atoms with Gasteiger partial charge in [0.05, 0.1) is 13.2 Å². The van der Waals surface area contributed by atoms with Crippen LogP contribution in [0.25, 0.3) is 10.8 Å². The molecule has 1 aliphatic rings. The average Bonchev–Trinajstić information content (AvgIpc) is 2.63. The van der Waals surface area contributed by atoms with E-state index in [1.807, 2.05) is 18.2 Å². The third-order valence-electron chi connectivity index (χ3n) is 4.52. The monoisotopic (exact) mass is 304 g/mol. The number of fused-ring (bicyclic) bond motifs is 1. The normalized spacial score (nSPS) is 17.3. The molecule has 116 valence electrons. The van der Waals surface area contributed by atoms with Gasteiger partial charge in [0.2, 0.25) is 5.79 Å². The molecule has 0 N–H and O–H groups in total. The summed E-state index contributed by atoms with van der Waals surface area (Å²) in [6.07, 6.45) is 0.929. The van der Waals surface area contributed by atoms with Gasteiger partial charge in [0, 0.05) is 11.1 Å². The van der Waals surface area contributed by atoms with E-state index in [4.69, 9.17) is 9.47 Å². The third-order valence-corrected chi connectivity index (χ3v) is 4.52. The maximum absolute atomic E-state index is 6.30. The van der Waals surface area contributed by atoms with E-state index in [9.17, 15) is 0 Å². The lowest BCUT2D eigenvalue weighted by Gasteiger charge is -2.39. The molecule has 2 heteroatoms. The largest absolute Gasteiger partial charge is 0.342 e. The molecule has 0 saturated carbocycles. The van der Waals surface area contributed by atoms with Crippen LogP contribution in [0.3, 0.4) is 0 Å². The van der Waals surface area contributed by atoms with Crippen LogP contribution < -0.4 is 0 Å². The quantitative estimate of drug-likeness (QED) is 0.678. The number of hydrogen-bond donors (Lipinski definition) is 0. The van der Waals surface area contributed by atoms with E-state index in [2.05, 4.69) is 55.5 Å². The number of hydrogen-bond acceptors (Lipinski definition) is 2. The van der Waals surface area contributed by atoms with Crippen LogP contribution >= 0.6 is 0 Å². The Bertz CT molecular complexity index is 818. The van der Waals surface area contributed by atoms with Crippen LogP contribution in [0.4, 0.5) is 0 Å². The van der Waals surface area contributed by atoms with E-state index < -0.39 is 5.79 Å². The van der Waals surface area contributed by atoms with Gasteiger partial charge in [0.15, 0.2) is 0 Å². The number of rotatable bonds is 2. The fourth-order valence-electron chi connectivity index (χ4n) is 3.46. The van der Waals surface area contributed by atoms with Crippen molar-refractivity contribution < 1.29 is 9.47 Å². The van der Waals surface area contributed by atoms with Gasteiger partial charge in [-0.3, -0.25) is 0 Å². The molecule has 0 aromatic heterocycles. The van der Waals surface area contributed by atoms with Gasteiger partial charge in [-0.2, -0.15) is 0 Å². The standard InChI is InChI=1S/C21H20O2/c1-16-12-13-17-8-5-6-11-19(17)20(16)21(22-14-7-15-23-21)18-9-3-2-4-10-18/h2-6,8-13H,7,14-15H2,1H3. The minimum absolute atomic E-state index is 0.706. The molecular formula is C21H20O2. The predicted molar refractivity (Wildman–Crippen MR) is 92.4 cm³/mol. The lowest BCUT2D eigenvalue weighted by Crippen LogP contribution is -2.39. The van der Waals surface area contributed by atoms with Gasteiger partial charge in [-0.25, -0.2) is 0 Å². The van der Waals surface area contributed by atoms with Crippen LogP contribution in [-0.2, 0) is 15.3 Å². The topological polar surface area (TPSA) is 18.5 Å². The Morgan fingerprint density at radius 2 is 1.48 bits per heavy atom. The smallest absolute Gasteiger partial charge is 0.223 e. The first-order chi connectivity index (χ1) is 11.3. The number of ether oxygens (including phenoxy) is 2. The Hall–Kier alpha value is -2.16. The second-order valence-corrected chi connectivity index (χ2v) is 6.01. The summed E-state index contributed by atoms with van der Waals surface area (Å²) in [5.74, 6) is -0.815. The molecule has 2 nitrogen and oxygen atoms in total. The fraction of sp³-hybridized carbons (Fsp3) is 0.238. The molecule has 1 heterocycles. The minimum Gasteiger partial charge on any atom is -0.342 e. The molecule has 23 heavy (non-hydrogen) atoms. The molecule has 1 aliphatic heterocycles. The van der Waals surface area contributed by atoms with E-state index in [-0.39, 0.29) is 0 Å². The van der Waals surface area contributed by atoms with Crippen molar-refractivity contribution in [3.05, 3.63) is 83.4 Å². The average molecular weight is 304 g/mol. The maximum atomic E-state index is 6.30. The van der Waals surface area contributed by atoms with Crippen molar-refractivity contribution in [3.8, 4) is 0 Å². The van der Waals surface area contributed by atoms with E-state index in [1.165, 1.54) is 16.3 Å². The number of benzene rings is 3. The maximum Gasteiger partial charge on any atom is 0.223 e. The summed E-state index contributed by atoms with van der Waals surface area (Å²) in [6, 6.07) is 23.0. The van der Waals surface area contributed by atoms with Gasteiger partial charge in [-0.05, 0) is 29.7 Å². The lowest BCUT2D eigenvalue weighted by molar-refractivity contribution is -0.248. The zero-order chi connectivity index (χ0) is 15.7. The molecule has 1 fully saturated rings. The Labute approximate surface area is 136 Å². The van der Waals surface area contributed by atoms with Crippen LogP contribution in [0.1, 0.15) is 23.1 Å². The van der Waals surface area contributed by atoms with Crippen molar-refractivity contribution in [2.24, 2.45) is 0 Å². The van der Waals surface area contributed by atoms with Gasteiger partial charge in [0.1, 0.15) is 0 Å². The molecule has 0 radical (unpaired) electrons. The Morgan fingerprint density at radius 3 is 2.26 bits per heavy atom. The van der Waals surface area contributed by atoms with E-state index in [0.29, 0.717) is 13.2 Å². The summed E-state index contributed by atoms with van der Waals surface area (Å²) in [5.41, 5.74) is 3.37. The molecule has 0 unspecified atom stereocenters. The molecule has 0 spiro atoms. The zero-order valence-corrected chi connectivity index (χ0v) is 13.3. The first kappa shape index (κ1) is 14.4. The van der Waals surface area contributed by atoms with Crippen molar-refractivity contribution in [1.29, 1.82) is 0 Å². The second kappa shape index (κ2) is 5.80. The Morgan fingerprint density at radius 1 is 0.783 bits per heavy atom. The summed E-state index contributed by atoms with van der Waals surface area (Å²) in [6.45, 7) is 3.54. The van der Waals surface area contributed by atoms with Gasteiger partial charge < -0.3 is 9.47 Å². The summed E-state index contributed by atoms with van der Waals surface area (Å²) in [5, 5.41) is 2.40. The highest BCUT2D eigenvalue weighted by Gasteiger charge is 2.41. The van der Waals surface area contributed by atoms with Crippen LogP contribution in [-0.4, -0.2) is 13.2 Å². The first-order valence-electron chi connectivity index (χ1n) is 8.13. The highest BCUT2D eigenvalue weighted by Crippen LogP contribution is 2.42.